The van der Waals surface area contributed by atoms with Crippen LogP contribution in [-0.2, 0) is 27.9 Å². The first kappa shape index (κ1) is 59.0. The lowest BCUT2D eigenvalue weighted by Crippen LogP contribution is -2.37. The molecular formula is C51H100NO7P. The van der Waals surface area contributed by atoms with Crippen LogP contribution in [0.3, 0.4) is 0 Å². The van der Waals surface area contributed by atoms with Crippen molar-refractivity contribution in [2.75, 3.05) is 54.1 Å². The first-order valence-electron chi connectivity index (χ1n) is 25.6. The normalized spacial score (nSPS) is 13.8. The minimum Gasteiger partial charge on any atom is -0.756 e. The zero-order valence-electron chi connectivity index (χ0n) is 40.4. The average molecular weight is 870 g/mol. The van der Waals surface area contributed by atoms with Gasteiger partial charge in [0.05, 0.1) is 34.4 Å². The van der Waals surface area contributed by atoms with Gasteiger partial charge < -0.3 is 27.9 Å². The Labute approximate surface area is 373 Å². The number of hydrogen-bond donors (Lipinski definition) is 0. The topological polar surface area (TPSA) is 94.1 Å². The van der Waals surface area contributed by atoms with Crippen LogP contribution in [-0.4, -0.2) is 70.7 Å². The number of esters is 1. The fraction of sp³-hybridized carbons (Fsp3) is 0.902. The van der Waals surface area contributed by atoms with Crippen molar-refractivity contribution in [2.45, 2.75) is 245 Å². The minimum absolute atomic E-state index is 0.0253. The summed E-state index contributed by atoms with van der Waals surface area (Å²) in [7, 11) is 1.36. The van der Waals surface area contributed by atoms with E-state index in [1.54, 1.807) is 0 Å². The molecule has 0 aromatic carbocycles. The molecule has 0 amide bonds. The largest absolute Gasteiger partial charge is 0.756 e. The number of phosphoric acid groups is 1. The third-order valence-electron chi connectivity index (χ3n) is 11.2. The van der Waals surface area contributed by atoms with Crippen LogP contribution in [0.4, 0.5) is 0 Å². The molecule has 0 aromatic rings. The molecule has 0 aliphatic rings. The molecule has 0 saturated carbocycles. The van der Waals surface area contributed by atoms with Gasteiger partial charge >= 0.3 is 5.97 Å². The van der Waals surface area contributed by atoms with E-state index in [9.17, 15) is 14.3 Å². The average Bonchev–Trinajstić information content (AvgIpc) is 3.20. The first-order valence-corrected chi connectivity index (χ1v) is 27.0. The van der Waals surface area contributed by atoms with Crippen LogP contribution in [0, 0.1) is 0 Å². The maximum absolute atomic E-state index is 12.7. The number of phosphoric ester groups is 1. The number of carbonyl (C=O) groups is 1. The number of likely N-dealkylation sites (N-methyl/N-ethyl adjacent to an activating group) is 1. The van der Waals surface area contributed by atoms with Gasteiger partial charge in [-0.1, -0.05) is 218 Å². The van der Waals surface area contributed by atoms with E-state index in [4.69, 9.17) is 18.5 Å². The van der Waals surface area contributed by atoms with Gasteiger partial charge in [-0.2, -0.15) is 0 Å². The maximum atomic E-state index is 12.7. The van der Waals surface area contributed by atoms with Gasteiger partial charge in [0.1, 0.15) is 19.3 Å². The molecule has 60 heavy (non-hydrogen) atoms. The van der Waals surface area contributed by atoms with E-state index in [2.05, 4.69) is 38.2 Å². The molecule has 0 aliphatic heterocycles. The lowest BCUT2D eigenvalue weighted by atomic mass is 10.0. The van der Waals surface area contributed by atoms with Crippen molar-refractivity contribution in [3.8, 4) is 0 Å². The summed E-state index contributed by atoms with van der Waals surface area (Å²) in [6.45, 7) is 5.37. The Balaban J connectivity index is 4.02. The summed E-state index contributed by atoms with van der Waals surface area (Å²) in [6.07, 6.45) is 52.2. The van der Waals surface area contributed by atoms with Gasteiger partial charge in [0.15, 0.2) is 0 Å². The number of rotatable bonds is 48. The Morgan fingerprint density at radius 2 is 0.950 bits per heavy atom. The Kier molecular flexibility index (Phi) is 43.8. The lowest BCUT2D eigenvalue weighted by Gasteiger charge is -2.28. The Bertz CT molecular complexity index is 1010. The van der Waals surface area contributed by atoms with Crippen molar-refractivity contribution in [3.05, 3.63) is 24.3 Å². The van der Waals surface area contributed by atoms with E-state index in [1.165, 1.54) is 154 Å². The summed E-state index contributed by atoms with van der Waals surface area (Å²) in [5.74, 6) is -0.344. The number of quaternary nitrogens is 1. The molecule has 0 spiro atoms. The summed E-state index contributed by atoms with van der Waals surface area (Å²) in [5, 5.41) is 0. The molecule has 9 heteroatoms. The standard InChI is InChI=1S/C51H100NO7P/c1-6-8-10-12-14-16-18-20-21-22-23-24-25-26-27-28-29-30-31-33-35-37-39-41-43-46-56-48-50(49-58-60(54,55)57-47-45-52(3,4)5)59-51(53)44-42-40-38-36-34-32-19-17-15-13-11-9-7-2/h11,13,17,19,50H,6-10,12,14-16,18,20-49H2,1-5H3/b13-11-,19-17-. The Morgan fingerprint density at radius 1 is 0.517 bits per heavy atom. The van der Waals surface area contributed by atoms with Crippen LogP contribution < -0.4 is 4.89 Å². The van der Waals surface area contributed by atoms with Crippen LogP contribution in [0.25, 0.3) is 0 Å². The van der Waals surface area contributed by atoms with E-state index in [0.29, 0.717) is 24.1 Å². The molecule has 356 valence electrons. The van der Waals surface area contributed by atoms with Crippen molar-refractivity contribution in [3.63, 3.8) is 0 Å². The molecule has 0 bridgehead atoms. The third-order valence-corrected chi connectivity index (χ3v) is 12.2. The van der Waals surface area contributed by atoms with Crippen LogP contribution in [0.15, 0.2) is 24.3 Å². The highest BCUT2D eigenvalue weighted by Gasteiger charge is 2.20. The summed E-state index contributed by atoms with van der Waals surface area (Å²) in [4.78, 5) is 25.1. The Hall–Kier alpha value is -1.02. The monoisotopic (exact) mass is 870 g/mol. The van der Waals surface area contributed by atoms with E-state index >= 15 is 0 Å². The van der Waals surface area contributed by atoms with Gasteiger partial charge in [-0.15, -0.1) is 0 Å². The van der Waals surface area contributed by atoms with E-state index in [0.717, 1.165) is 64.2 Å². The number of unbranched alkanes of at least 4 members (excludes halogenated alkanes) is 30. The summed E-state index contributed by atoms with van der Waals surface area (Å²) >= 11 is 0. The summed E-state index contributed by atoms with van der Waals surface area (Å²) in [6, 6.07) is 0. The zero-order chi connectivity index (χ0) is 44.1. The second kappa shape index (κ2) is 44.6. The van der Waals surface area contributed by atoms with Gasteiger partial charge in [0, 0.05) is 13.0 Å². The quantitative estimate of drug-likeness (QED) is 0.0198. The molecule has 0 N–H and O–H groups in total. The van der Waals surface area contributed by atoms with E-state index in [-0.39, 0.29) is 25.8 Å². The maximum Gasteiger partial charge on any atom is 0.306 e. The second-order valence-electron chi connectivity index (χ2n) is 18.5. The number of hydrogen-bond acceptors (Lipinski definition) is 7. The molecule has 2 unspecified atom stereocenters. The van der Waals surface area contributed by atoms with Crippen LogP contribution >= 0.6 is 7.82 Å². The highest BCUT2D eigenvalue weighted by molar-refractivity contribution is 7.45. The smallest absolute Gasteiger partial charge is 0.306 e. The fourth-order valence-corrected chi connectivity index (χ4v) is 8.02. The molecule has 2 atom stereocenters. The van der Waals surface area contributed by atoms with E-state index in [1.807, 2.05) is 21.1 Å². The molecular weight excluding hydrogens is 770 g/mol. The zero-order valence-corrected chi connectivity index (χ0v) is 41.3. The SMILES string of the molecule is CCC/C=C\C/C=C\CCCCCCCC(=O)OC(COCCCCCCCCCCCCCCCCCCCCCCCCCCC)COP(=O)([O-])OCC[N+](C)(C)C. The van der Waals surface area contributed by atoms with Crippen molar-refractivity contribution < 1.29 is 37.3 Å². The van der Waals surface area contributed by atoms with Crippen molar-refractivity contribution in [2.24, 2.45) is 0 Å². The predicted octanol–water partition coefficient (Wildman–Crippen LogP) is 14.9. The fourth-order valence-electron chi connectivity index (χ4n) is 7.29. The third kappa shape index (κ3) is 48.0. The molecule has 0 aliphatic carbocycles. The van der Waals surface area contributed by atoms with Crippen molar-refractivity contribution in [1.82, 2.24) is 0 Å². The number of ether oxygens (including phenoxy) is 2. The number of allylic oxidation sites excluding steroid dienone is 4. The predicted molar refractivity (Wildman–Crippen MR) is 254 cm³/mol. The van der Waals surface area contributed by atoms with Gasteiger partial charge in [-0.25, -0.2) is 0 Å². The van der Waals surface area contributed by atoms with Gasteiger partial charge in [-0.3, -0.25) is 9.36 Å². The van der Waals surface area contributed by atoms with Crippen LogP contribution in [0.5, 0.6) is 0 Å². The second-order valence-corrected chi connectivity index (χ2v) is 19.9. The summed E-state index contributed by atoms with van der Waals surface area (Å²) < 4.78 is 34.7. The lowest BCUT2D eigenvalue weighted by molar-refractivity contribution is -0.870. The number of nitrogens with zero attached hydrogens (tertiary/aromatic N) is 1. The van der Waals surface area contributed by atoms with Crippen molar-refractivity contribution >= 4 is 13.8 Å². The molecule has 0 fully saturated rings. The van der Waals surface area contributed by atoms with Crippen LogP contribution in [0.1, 0.15) is 239 Å². The van der Waals surface area contributed by atoms with Gasteiger partial charge in [-0.05, 0) is 38.5 Å². The van der Waals surface area contributed by atoms with Gasteiger partial charge in [0.2, 0.25) is 0 Å². The Morgan fingerprint density at radius 3 is 1.42 bits per heavy atom. The van der Waals surface area contributed by atoms with E-state index < -0.39 is 13.9 Å². The van der Waals surface area contributed by atoms with Gasteiger partial charge in [0.25, 0.3) is 7.82 Å². The molecule has 0 radical (unpaired) electrons. The highest BCUT2D eigenvalue weighted by atomic mass is 31.2. The molecule has 0 saturated heterocycles. The van der Waals surface area contributed by atoms with Crippen molar-refractivity contribution in [1.29, 1.82) is 0 Å². The summed E-state index contributed by atoms with van der Waals surface area (Å²) in [5.41, 5.74) is 0. The molecule has 8 nitrogen and oxygen atoms in total. The molecule has 0 rings (SSSR count). The minimum atomic E-state index is -4.53. The van der Waals surface area contributed by atoms with Crippen LogP contribution in [0.2, 0.25) is 0 Å². The molecule has 0 heterocycles. The highest BCUT2D eigenvalue weighted by Crippen LogP contribution is 2.38. The molecule has 0 aromatic heterocycles. The first-order chi connectivity index (χ1) is 29.1. The number of carbonyl (C=O) groups excluding carboxylic acids is 1.